The predicted molar refractivity (Wildman–Crippen MR) is 76.7 cm³/mol. The highest BCUT2D eigenvalue weighted by atomic mass is 16.5. The van der Waals surface area contributed by atoms with Crippen LogP contribution >= 0.6 is 0 Å². The molecule has 112 valence electrons. The first kappa shape index (κ1) is 15.0. The first-order chi connectivity index (χ1) is 9.66. The molecule has 1 aliphatic rings. The van der Waals surface area contributed by atoms with E-state index in [9.17, 15) is 4.79 Å². The summed E-state index contributed by atoms with van der Waals surface area (Å²) in [6.45, 7) is 5.27. The van der Waals surface area contributed by atoms with Crippen molar-refractivity contribution in [3.63, 3.8) is 0 Å². The summed E-state index contributed by atoms with van der Waals surface area (Å²) in [5.74, 6) is -0.0579. The number of nitrogens with zero attached hydrogens (tertiary/aromatic N) is 2. The Bertz CT molecular complexity index is 438. The molecule has 1 saturated heterocycles. The molecule has 1 amide bonds. The van der Waals surface area contributed by atoms with Gasteiger partial charge >= 0.3 is 0 Å². The zero-order valence-electron chi connectivity index (χ0n) is 12.3. The van der Waals surface area contributed by atoms with Gasteiger partial charge in [0.25, 0.3) is 5.91 Å². The number of aromatic nitrogens is 2. The quantitative estimate of drug-likeness (QED) is 0.750. The Kier molecular flexibility index (Phi) is 5.55. The summed E-state index contributed by atoms with van der Waals surface area (Å²) in [5, 5.41) is 10.4. The number of rotatable bonds is 6. The van der Waals surface area contributed by atoms with E-state index in [-0.39, 0.29) is 5.91 Å². The van der Waals surface area contributed by atoms with Gasteiger partial charge in [0.05, 0.1) is 17.4 Å². The summed E-state index contributed by atoms with van der Waals surface area (Å²) in [4.78, 5) is 11.9. The van der Waals surface area contributed by atoms with Crippen molar-refractivity contribution in [1.82, 2.24) is 20.4 Å². The molecule has 0 bridgehead atoms. The number of hydrogen-bond donors (Lipinski definition) is 2. The van der Waals surface area contributed by atoms with Crippen molar-refractivity contribution in [2.24, 2.45) is 7.05 Å². The van der Waals surface area contributed by atoms with Gasteiger partial charge < -0.3 is 15.4 Å². The van der Waals surface area contributed by atoms with Crippen molar-refractivity contribution in [2.75, 3.05) is 26.2 Å². The molecule has 2 heterocycles. The molecule has 0 atom stereocenters. The molecule has 6 nitrogen and oxygen atoms in total. The third-order valence-electron chi connectivity index (χ3n) is 3.50. The summed E-state index contributed by atoms with van der Waals surface area (Å²) in [6.07, 6.45) is 5.14. The van der Waals surface area contributed by atoms with Gasteiger partial charge in [-0.15, -0.1) is 0 Å². The first-order valence-electron chi connectivity index (χ1n) is 7.27. The molecule has 0 saturated carbocycles. The molecular formula is C14H24N4O2. The third kappa shape index (κ3) is 4.31. The number of carbonyl (C=O) groups is 1. The van der Waals surface area contributed by atoms with Crippen LogP contribution in [0, 0.1) is 6.92 Å². The van der Waals surface area contributed by atoms with Crippen LogP contribution in [0.4, 0.5) is 0 Å². The molecule has 1 aromatic heterocycles. The van der Waals surface area contributed by atoms with E-state index in [1.54, 1.807) is 10.9 Å². The minimum Gasteiger partial charge on any atom is -0.378 e. The smallest absolute Gasteiger partial charge is 0.254 e. The van der Waals surface area contributed by atoms with Gasteiger partial charge in [0.1, 0.15) is 0 Å². The lowest BCUT2D eigenvalue weighted by molar-refractivity contribution is 0.0318. The maximum absolute atomic E-state index is 11.9. The van der Waals surface area contributed by atoms with Crippen LogP contribution in [-0.2, 0) is 11.8 Å². The fraction of sp³-hybridized carbons (Fsp3) is 0.714. The zero-order valence-corrected chi connectivity index (χ0v) is 12.3. The summed E-state index contributed by atoms with van der Waals surface area (Å²) >= 11 is 0. The molecule has 2 N–H and O–H groups in total. The van der Waals surface area contributed by atoms with E-state index in [0.717, 1.165) is 38.0 Å². The van der Waals surface area contributed by atoms with Gasteiger partial charge in [0.2, 0.25) is 0 Å². The van der Waals surface area contributed by atoms with Gasteiger partial charge in [0.15, 0.2) is 0 Å². The predicted octanol–water partition coefficient (Wildman–Crippen LogP) is 0.617. The van der Waals surface area contributed by atoms with Crippen LogP contribution < -0.4 is 10.6 Å². The minimum atomic E-state index is -0.0579. The molecule has 1 fully saturated rings. The fourth-order valence-electron chi connectivity index (χ4n) is 2.40. The fourth-order valence-corrected chi connectivity index (χ4v) is 2.40. The normalized spacial score (nSPS) is 16.3. The number of nitrogens with one attached hydrogen (secondary N) is 2. The monoisotopic (exact) mass is 280 g/mol. The molecule has 0 unspecified atom stereocenters. The summed E-state index contributed by atoms with van der Waals surface area (Å²) in [5.41, 5.74) is 1.41. The number of piperidine rings is 1. The Morgan fingerprint density at radius 1 is 1.55 bits per heavy atom. The number of carbonyl (C=O) groups excluding carboxylic acids is 1. The number of amides is 1. The Hall–Kier alpha value is -1.40. The van der Waals surface area contributed by atoms with Gasteiger partial charge in [-0.25, -0.2) is 0 Å². The van der Waals surface area contributed by atoms with Gasteiger partial charge in [-0.2, -0.15) is 5.10 Å². The average Bonchev–Trinajstić information content (AvgIpc) is 2.78. The topological polar surface area (TPSA) is 68.2 Å². The van der Waals surface area contributed by atoms with E-state index in [2.05, 4.69) is 15.7 Å². The SMILES string of the molecule is Cc1nn(C)cc1C(=O)NCCCOC1CCNCC1. The van der Waals surface area contributed by atoms with Crippen LogP contribution in [0.2, 0.25) is 0 Å². The third-order valence-corrected chi connectivity index (χ3v) is 3.50. The Morgan fingerprint density at radius 3 is 2.95 bits per heavy atom. The molecule has 0 aliphatic carbocycles. The number of aryl methyl sites for hydroxylation is 2. The number of hydrogen-bond acceptors (Lipinski definition) is 4. The molecule has 1 aliphatic heterocycles. The zero-order chi connectivity index (χ0) is 14.4. The maximum atomic E-state index is 11.9. The van der Waals surface area contributed by atoms with Crippen LogP contribution in [-0.4, -0.2) is 48.0 Å². The molecule has 0 spiro atoms. The highest BCUT2D eigenvalue weighted by molar-refractivity contribution is 5.94. The molecular weight excluding hydrogens is 256 g/mol. The second-order valence-corrected chi connectivity index (χ2v) is 5.23. The van der Waals surface area contributed by atoms with Crippen LogP contribution in [0.25, 0.3) is 0 Å². The van der Waals surface area contributed by atoms with Gasteiger partial charge in [-0.1, -0.05) is 0 Å². The largest absolute Gasteiger partial charge is 0.378 e. The Balaban J connectivity index is 1.61. The average molecular weight is 280 g/mol. The lowest BCUT2D eigenvalue weighted by Gasteiger charge is -2.22. The molecule has 20 heavy (non-hydrogen) atoms. The molecule has 2 rings (SSSR count). The Morgan fingerprint density at radius 2 is 2.30 bits per heavy atom. The molecule has 0 radical (unpaired) electrons. The second kappa shape index (κ2) is 7.40. The molecule has 0 aromatic carbocycles. The lowest BCUT2D eigenvalue weighted by atomic mass is 10.1. The Labute approximate surface area is 119 Å². The van der Waals surface area contributed by atoms with Crippen LogP contribution in [0.5, 0.6) is 0 Å². The van der Waals surface area contributed by atoms with Crippen molar-refractivity contribution < 1.29 is 9.53 Å². The summed E-state index contributed by atoms with van der Waals surface area (Å²) < 4.78 is 7.45. The van der Waals surface area contributed by atoms with Crippen LogP contribution in [0.1, 0.15) is 35.3 Å². The van der Waals surface area contributed by atoms with E-state index < -0.39 is 0 Å². The van der Waals surface area contributed by atoms with E-state index in [1.165, 1.54) is 0 Å². The van der Waals surface area contributed by atoms with Crippen molar-refractivity contribution in [1.29, 1.82) is 0 Å². The summed E-state index contributed by atoms with van der Waals surface area (Å²) in [7, 11) is 1.82. The van der Waals surface area contributed by atoms with Gasteiger partial charge in [0, 0.05) is 26.4 Å². The highest BCUT2D eigenvalue weighted by Crippen LogP contribution is 2.07. The molecule has 1 aromatic rings. The number of ether oxygens (including phenoxy) is 1. The maximum Gasteiger partial charge on any atom is 0.254 e. The lowest BCUT2D eigenvalue weighted by Crippen LogP contribution is -2.33. The van der Waals surface area contributed by atoms with E-state index in [1.807, 2.05) is 14.0 Å². The van der Waals surface area contributed by atoms with E-state index in [4.69, 9.17) is 4.74 Å². The summed E-state index contributed by atoms with van der Waals surface area (Å²) in [6, 6.07) is 0. The minimum absolute atomic E-state index is 0.0579. The van der Waals surface area contributed by atoms with E-state index in [0.29, 0.717) is 24.8 Å². The van der Waals surface area contributed by atoms with Gasteiger partial charge in [-0.05, 0) is 39.3 Å². The van der Waals surface area contributed by atoms with Crippen LogP contribution in [0.3, 0.4) is 0 Å². The van der Waals surface area contributed by atoms with Crippen molar-refractivity contribution >= 4 is 5.91 Å². The van der Waals surface area contributed by atoms with E-state index >= 15 is 0 Å². The van der Waals surface area contributed by atoms with Crippen molar-refractivity contribution in [3.05, 3.63) is 17.5 Å². The van der Waals surface area contributed by atoms with Crippen molar-refractivity contribution in [2.45, 2.75) is 32.3 Å². The van der Waals surface area contributed by atoms with Crippen molar-refractivity contribution in [3.8, 4) is 0 Å². The first-order valence-corrected chi connectivity index (χ1v) is 7.27. The second-order valence-electron chi connectivity index (χ2n) is 5.23. The standard InChI is InChI=1S/C14H24N4O2/c1-11-13(10-18(2)17-11)14(19)16-6-3-9-20-12-4-7-15-8-5-12/h10,12,15H,3-9H2,1-2H3,(H,16,19). The van der Waals surface area contributed by atoms with Crippen LogP contribution in [0.15, 0.2) is 6.20 Å². The van der Waals surface area contributed by atoms with Gasteiger partial charge in [-0.3, -0.25) is 9.48 Å². The molecule has 6 heteroatoms. The highest BCUT2D eigenvalue weighted by Gasteiger charge is 2.13.